The van der Waals surface area contributed by atoms with E-state index >= 15 is 0 Å². The molecule has 6 heteroatoms. The van der Waals surface area contributed by atoms with Gasteiger partial charge in [0.2, 0.25) is 6.29 Å². The molecule has 1 N–H and O–H groups in total. The molecule has 0 saturated carbocycles. The number of nitrogens with one attached hydrogen (secondary N) is 1. The minimum Gasteiger partial charge on any atom is -0.331 e. The second-order valence-corrected chi connectivity index (χ2v) is 18.6. The average molecular weight is 899 g/mol. The van der Waals surface area contributed by atoms with E-state index in [0.29, 0.717) is 11.8 Å². The van der Waals surface area contributed by atoms with Gasteiger partial charge in [-0.2, -0.15) is 0 Å². The second kappa shape index (κ2) is 16.1. The van der Waals surface area contributed by atoms with Crippen LogP contribution in [0.15, 0.2) is 234 Å². The smallest absolute Gasteiger partial charge is 0.204 e. The van der Waals surface area contributed by atoms with E-state index < -0.39 is 6.29 Å². The van der Waals surface area contributed by atoms with Gasteiger partial charge < -0.3 is 19.0 Å². The molecule has 2 aliphatic rings. The van der Waals surface area contributed by atoms with E-state index in [4.69, 9.17) is 9.98 Å². The zero-order chi connectivity index (χ0) is 46.3. The summed E-state index contributed by atoms with van der Waals surface area (Å²) in [4.78, 5) is 10.9. The molecular weight excluding hydrogens is 853 g/mol. The van der Waals surface area contributed by atoms with E-state index in [9.17, 15) is 0 Å². The van der Waals surface area contributed by atoms with Gasteiger partial charge in [0.25, 0.3) is 0 Å². The summed E-state index contributed by atoms with van der Waals surface area (Å²) in [6.45, 7) is 2.35. The molecule has 0 spiro atoms. The summed E-state index contributed by atoms with van der Waals surface area (Å²) >= 11 is 0. The van der Waals surface area contributed by atoms with E-state index in [1.54, 1.807) is 0 Å². The summed E-state index contributed by atoms with van der Waals surface area (Å²) in [6.07, 6.45) is 5.13. The molecule has 2 unspecified atom stereocenters. The van der Waals surface area contributed by atoms with Crippen LogP contribution >= 0.6 is 0 Å². The Hall–Kier alpha value is -9.00. The molecule has 9 aromatic carbocycles. The molecule has 1 aliphatic carbocycles. The predicted molar refractivity (Wildman–Crippen MR) is 292 cm³/mol. The van der Waals surface area contributed by atoms with Crippen LogP contribution in [0.25, 0.3) is 94.2 Å². The third kappa shape index (κ3) is 6.26. The Bertz CT molecular complexity index is 4090. The van der Waals surface area contributed by atoms with Gasteiger partial charge in [-0.1, -0.05) is 183 Å². The molecule has 14 rings (SSSR count). The van der Waals surface area contributed by atoms with Crippen LogP contribution in [0.4, 0.5) is 0 Å². The molecule has 0 radical (unpaired) electrons. The number of amidine groups is 2. The van der Waals surface area contributed by atoms with Crippen molar-refractivity contribution in [2.75, 3.05) is 0 Å². The van der Waals surface area contributed by atoms with Crippen molar-refractivity contribution in [1.29, 1.82) is 0 Å². The SMILES string of the molecule is CC1CC=Cc2c1n(-c1cccc(-c3cc(C4=NC(c5ccccc5)=NC(n5c6ccccc6c6cccc(-c7ccccc7)c65)N4)ccc3-n3c4ccccc4c4ccccc43)c1)c1ccccc21. The quantitative estimate of drug-likeness (QED) is 0.170. The number of aliphatic imine (C=N–C) groups is 2. The van der Waals surface area contributed by atoms with Gasteiger partial charge in [-0.15, -0.1) is 0 Å². The summed E-state index contributed by atoms with van der Waals surface area (Å²) in [5.74, 6) is 1.79. The average Bonchev–Trinajstić information content (AvgIpc) is 4.08. The summed E-state index contributed by atoms with van der Waals surface area (Å²) in [5.41, 5.74) is 17.1. The molecule has 0 saturated heterocycles. The lowest BCUT2D eigenvalue weighted by Crippen LogP contribution is -2.36. The van der Waals surface area contributed by atoms with Gasteiger partial charge >= 0.3 is 0 Å². The molecule has 4 heterocycles. The van der Waals surface area contributed by atoms with Crippen LogP contribution in [-0.2, 0) is 0 Å². The van der Waals surface area contributed by atoms with Crippen LogP contribution in [-0.4, -0.2) is 25.4 Å². The number of hydrogen-bond donors (Lipinski definition) is 1. The van der Waals surface area contributed by atoms with Gasteiger partial charge in [0.1, 0.15) is 5.84 Å². The third-order valence-electron chi connectivity index (χ3n) is 14.5. The summed E-state index contributed by atoms with van der Waals surface area (Å²) in [5, 5.41) is 10.0. The molecule has 1 aliphatic heterocycles. The molecule has 332 valence electrons. The molecule has 0 bridgehead atoms. The molecule has 6 nitrogen and oxygen atoms in total. The van der Waals surface area contributed by atoms with Gasteiger partial charge in [-0.3, -0.25) is 0 Å². The normalized spacial score (nSPS) is 15.7. The third-order valence-corrected chi connectivity index (χ3v) is 14.5. The maximum atomic E-state index is 5.49. The van der Waals surface area contributed by atoms with Crippen molar-refractivity contribution in [3.63, 3.8) is 0 Å². The Kier molecular flexibility index (Phi) is 9.21. The Balaban J connectivity index is 1.00. The van der Waals surface area contributed by atoms with Crippen molar-refractivity contribution in [2.24, 2.45) is 9.98 Å². The van der Waals surface area contributed by atoms with Crippen molar-refractivity contribution in [3.8, 4) is 33.6 Å². The summed E-state index contributed by atoms with van der Waals surface area (Å²) in [6, 6.07) is 78.7. The van der Waals surface area contributed by atoms with Crippen LogP contribution in [0.5, 0.6) is 0 Å². The van der Waals surface area contributed by atoms with Crippen LogP contribution in [0.2, 0.25) is 0 Å². The van der Waals surface area contributed by atoms with E-state index in [2.05, 4.69) is 250 Å². The molecule has 0 amide bonds. The number of benzene rings is 9. The molecule has 70 heavy (non-hydrogen) atoms. The molecule has 2 atom stereocenters. The maximum absolute atomic E-state index is 5.49. The van der Waals surface area contributed by atoms with Crippen LogP contribution in [0.3, 0.4) is 0 Å². The molecule has 3 aromatic heterocycles. The van der Waals surface area contributed by atoms with Gasteiger partial charge in [0.15, 0.2) is 5.84 Å². The predicted octanol–water partition coefficient (Wildman–Crippen LogP) is 15.6. The first kappa shape index (κ1) is 40.1. The molecule has 12 aromatic rings. The van der Waals surface area contributed by atoms with Crippen LogP contribution in [0.1, 0.15) is 47.9 Å². The summed E-state index contributed by atoms with van der Waals surface area (Å²) in [7, 11) is 0. The zero-order valence-electron chi connectivity index (χ0n) is 38.5. The minimum atomic E-state index is -0.525. The Morgan fingerprint density at radius 1 is 0.471 bits per heavy atom. The fourth-order valence-corrected chi connectivity index (χ4v) is 11.4. The minimum absolute atomic E-state index is 0.370. The number of para-hydroxylation sites is 5. The fourth-order valence-electron chi connectivity index (χ4n) is 11.4. The lowest BCUT2D eigenvalue weighted by molar-refractivity contribution is 0.516. The highest BCUT2D eigenvalue weighted by Crippen LogP contribution is 2.43. The number of nitrogens with zero attached hydrogens (tertiary/aromatic N) is 5. The topological polar surface area (TPSA) is 51.5 Å². The first-order valence-electron chi connectivity index (χ1n) is 24.3. The van der Waals surface area contributed by atoms with E-state index in [1.165, 1.54) is 43.7 Å². The number of allylic oxidation sites excluding steroid dienone is 1. The Labute approximate surface area is 405 Å². The highest BCUT2D eigenvalue weighted by Gasteiger charge is 2.28. The monoisotopic (exact) mass is 898 g/mol. The summed E-state index contributed by atoms with van der Waals surface area (Å²) < 4.78 is 7.32. The zero-order valence-corrected chi connectivity index (χ0v) is 38.5. The number of aromatic nitrogens is 3. The van der Waals surface area contributed by atoms with Gasteiger partial charge in [-0.05, 0) is 72.1 Å². The standard InChI is InChI=1S/C64H46N6/c1-41-19-16-31-52-50-28-10-12-33-55(50)68(60(41)52)46-25-17-24-44(39-46)54-40-45(37-38-59(54)69-56-34-13-8-26-48(56)49-27-9-14-35-57(49)69)63-65-62(43-22-6-3-7-23-43)66-64(67-63)70-58-36-15-11-29-51(58)53-32-18-30-47(61(53)70)42-20-4-2-5-21-42/h2-18,20-41,64H,19H2,1H3,(H,65,66,67). The van der Waals surface area contributed by atoms with Gasteiger partial charge in [0, 0.05) is 72.0 Å². The largest absolute Gasteiger partial charge is 0.331 e. The lowest BCUT2D eigenvalue weighted by Gasteiger charge is -2.27. The van der Waals surface area contributed by atoms with Crippen molar-refractivity contribution in [3.05, 3.63) is 247 Å². The lowest BCUT2D eigenvalue weighted by atomic mass is 9.93. The van der Waals surface area contributed by atoms with Crippen LogP contribution in [0, 0.1) is 0 Å². The van der Waals surface area contributed by atoms with Crippen molar-refractivity contribution < 1.29 is 0 Å². The molecular formula is C64H46N6. The first-order chi connectivity index (χ1) is 34.7. The van der Waals surface area contributed by atoms with Crippen molar-refractivity contribution in [1.82, 2.24) is 19.0 Å². The molecule has 0 fully saturated rings. The van der Waals surface area contributed by atoms with Gasteiger partial charge in [0.05, 0.1) is 33.3 Å². The highest BCUT2D eigenvalue weighted by atomic mass is 15.3. The number of fused-ring (bicyclic) bond motifs is 9. The first-order valence-corrected chi connectivity index (χ1v) is 24.3. The van der Waals surface area contributed by atoms with E-state index in [0.717, 1.165) is 79.1 Å². The maximum Gasteiger partial charge on any atom is 0.204 e. The fraction of sp³-hybridized carbons (Fsp3) is 0.0625. The van der Waals surface area contributed by atoms with Crippen LogP contribution < -0.4 is 5.32 Å². The highest BCUT2D eigenvalue weighted by molar-refractivity contribution is 6.16. The van der Waals surface area contributed by atoms with E-state index in [1.807, 2.05) is 6.07 Å². The number of hydrogen-bond acceptors (Lipinski definition) is 3. The number of rotatable bonds is 7. The van der Waals surface area contributed by atoms with Crippen molar-refractivity contribution >= 4 is 72.3 Å². The Morgan fingerprint density at radius 2 is 1.06 bits per heavy atom. The Morgan fingerprint density at radius 3 is 1.79 bits per heavy atom. The second-order valence-electron chi connectivity index (χ2n) is 18.6. The van der Waals surface area contributed by atoms with E-state index in [-0.39, 0.29) is 0 Å². The van der Waals surface area contributed by atoms with Crippen molar-refractivity contribution in [2.45, 2.75) is 25.6 Å². The van der Waals surface area contributed by atoms with Gasteiger partial charge in [-0.25, -0.2) is 9.98 Å².